The average molecular weight is 303 g/mol. The van der Waals surface area contributed by atoms with Gasteiger partial charge < -0.3 is 15.8 Å². The molecule has 3 atom stereocenters. The molecule has 0 aromatic heterocycles. The van der Waals surface area contributed by atoms with E-state index in [0.717, 1.165) is 18.7 Å². The van der Waals surface area contributed by atoms with Crippen molar-refractivity contribution in [3.63, 3.8) is 0 Å². The third-order valence-corrected chi connectivity index (χ3v) is 4.63. The first kappa shape index (κ1) is 15.3. The van der Waals surface area contributed by atoms with Crippen LogP contribution in [0.4, 0.5) is 0 Å². The Hall–Kier alpha value is -1.59. The van der Waals surface area contributed by atoms with Crippen molar-refractivity contribution in [2.24, 2.45) is 5.73 Å². The smallest absolute Gasteiger partial charge is 0.236 e. The first-order chi connectivity index (χ1) is 10.6. The van der Waals surface area contributed by atoms with Gasteiger partial charge in [-0.3, -0.25) is 9.69 Å². The lowest BCUT2D eigenvalue weighted by molar-refractivity contribution is -0.122. The predicted octanol–water partition coefficient (Wildman–Crippen LogP) is 1.44. The minimum Gasteiger partial charge on any atom is -0.497 e. The number of hydrogen-bond donors (Lipinski definition) is 2. The maximum Gasteiger partial charge on any atom is 0.236 e. The molecule has 1 saturated heterocycles. The molecule has 1 saturated carbocycles. The molecular weight excluding hydrogens is 278 g/mol. The summed E-state index contributed by atoms with van der Waals surface area (Å²) in [6.45, 7) is 2.75. The number of likely N-dealkylation sites (tertiary alicyclic amines) is 1. The summed E-state index contributed by atoms with van der Waals surface area (Å²) in [7, 11) is 1.68. The highest BCUT2D eigenvalue weighted by atomic mass is 16.5. The third kappa shape index (κ3) is 3.10. The van der Waals surface area contributed by atoms with Crippen molar-refractivity contribution in [2.45, 2.75) is 50.4 Å². The molecule has 120 valence electrons. The van der Waals surface area contributed by atoms with E-state index in [0.29, 0.717) is 6.04 Å². The maximum atomic E-state index is 12.0. The van der Waals surface area contributed by atoms with Crippen molar-refractivity contribution in [2.75, 3.05) is 13.7 Å². The highest BCUT2D eigenvalue weighted by Crippen LogP contribution is 2.41. The minimum absolute atomic E-state index is 0.0736. The van der Waals surface area contributed by atoms with Crippen LogP contribution in [-0.4, -0.2) is 42.6 Å². The molecule has 0 spiro atoms. The van der Waals surface area contributed by atoms with E-state index in [9.17, 15) is 4.79 Å². The quantitative estimate of drug-likeness (QED) is 0.863. The van der Waals surface area contributed by atoms with Gasteiger partial charge in [0, 0.05) is 18.6 Å². The van der Waals surface area contributed by atoms with Crippen molar-refractivity contribution >= 4 is 5.91 Å². The summed E-state index contributed by atoms with van der Waals surface area (Å²) in [5.74, 6) is 0.785. The van der Waals surface area contributed by atoms with Crippen LogP contribution in [0.2, 0.25) is 0 Å². The number of nitrogens with two attached hydrogens (primary N) is 1. The van der Waals surface area contributed by atoms with Crippen LogP contribution in [0.3, 0.4) is 0 Å². The highest BCUT2D eigenvalue weighted by molar-refractivity contribution is 5.81. The van der Waals surface area contributed by atoms with Gasteiger partial charge in [0.05, 0.1) is 19.2 Å². The van der Waals surface area contributed by atoms with E-state index in [1.807, 2.05) is 12.1 Å². The largest absolute Gasteiger partial charge is 0.497 e. The molecule has 1 aromatic carbocycles. The predicted molar refractivity (Wildman–Crippen MR) is 85.7 cm³/mol. The van der Waals surface area contributed by atoms with Crippen LogP contribution < -0.4 is 15.8 Å². The fourth-order valence-corrected chi connectivity index (χ4v) is 3.35. The zero-order valence-electron chi connectivity index (χ0n) is 13.3. The number of rotatable bonds is 5. The molecule has 2 aliphatic rings. The van der Waals surface area contributed by atoms with Crippen LogP contribution in [0.5, 0.6) is 5.75 Å². The molecule has 2 fully saturated rings. The first-order valence-corrected chi connectivity index (χ1v) is 8.06. The van der Waals surface area contributed by atoms with Crippen LogP contribution in [0, 0.1) is 0 Å². The van der Waals surface area contributed by atoms with Crippen molar-refractivity contribution in [3.8, 4) is 5.75 Å². The van der Waals surface area contributed by atoms with Gasteiger partial charge in [-0.25, -0.2) is 0 Å². The lowest BCUT2D eigenvalue weighted by Gasteiger charge is -2.29. The molecule has 3 rings (SSSR count). The standard InChI is InChI=1S/C17H25N3O2/c1-11(18)17(21)19-15-8-9-20(13-6-7-13)16(15)12-4-3-5-14(10-12)22-2/h3-5,10-11,13,15-16H,6-9,18H2,1-2H3,(H,19,21). The van der Waals surface area contributed by atoms with Gasteiger partial charge in [0.1, 0.15) is 5.75 Å². The maximum absolute atomic E-state index is 12.0. The molecule has 22 heavy (non-hydrogen) atoms. The molecule has 0 radical (unpaired) electrons. The Morgan fingerprint density at radius 2 is 2.18 bits per heavy atom. The summed E-state index contributed by atoms with van der Waals surface area (Å²) < 4.78 is 5.35. The van der Waals surface area contributed by atoms with Crippen LogP contribution in [0.15, 0.2) is 24.3 Å². The number of hydrogen-bond acceptors (Lipinski definition) is 4. The van der Waals surface area contributed by atoms with Crippen LogP contribution in [-0.2, 0) is 4.79 Å². The molecular formula is C17H25N3O2. The number of benzene rings is 1. The summed E-state index contributed by atoms with van der Waals surface area (Å²) in [6, 6.07) is 8.69. The SMILES string of the molecule is COc1cccc(C2C(NC(=O)C(C)N)CCN2C2CC2)c1. The monoisotopic (exact) mass is 303 g/mol. The number of nitrogens with zero attached hydrogens (tertiary/aromatic N) is 1. The Bertz CT molecular complexity index is 542. The Morgan fingerprint density at radius 3 is 2.82 bits per heavy atom. The lowest BCUT2D eigenvalue weighted by atomic mass is 9.99. The van der Waals surface area contributed by atoms with Crippen molar-refractivity contribution in [1.29, 1.82) is 0 Å². The molecule has 1 aliphatic carbocycles. The van der Waals surface area contributed by atoms with Gasteiger partial charge >= 0.3 is 0 Å². The molecule has 1 amide bonds. The second kappa shape index (κ2) is 6.26. The molecule has 3 unspecified atom stereocenters. The van der Waals surface area contributed by atoms with Gasteiger partial charge in [-0.15, -0.1) is 0 Å². The van der Waals surface area contributed by atoms with Gasteiger partial charge in [-0.1, -0.05) is 12.1 Å². The fourth-order valence-electron chi connectivity index (χ4n) is 3.35. The molecule has 1 aromatic rings. The Morgan fingerprint density at radius 1 is 1.41 bits per heavy atom. The lowest BCUT2D eigenvalue weighted by Crippen LogP contribution is -2.46. The topological polar surface area (TPSA) is 67.6 Å². The van der Waals surface area contributed by atoms with E-state index in [1.54, 1.807) is 14.0 Å². The van der Waals surface area contributed by atoms with Crippen LogP contribution >= 0.6 is 0 Å². The van der Waals surface area contributed by atoms with E-state index in [-0.39, 0.29) is 18.0 Å². The zero-order chi connectivity index (χ0) is 15.7. The van der Waals surface area contributed by atoms with E-state index in [2.05, 4.69) is 22.3 Å². The summed E-state index contributed by atoms with van der Waals surface area (Å²) in [6.07, 6.45) is 3.49. The summed E-state index contributed by atoms with van der Waals surface area (Å²) in [4.78, 5) is 14.5. The van der Waals surface area contributed by atoms with Crippen LogP contribution in [0.25, 0.3) is 0 Å². The number of amides is 1. The summed E-state index contributed by atoms with van der Waals surface area (Å²) >= 11 is 0. The molecule has 5 nitrogen and oxygen atoms in total. The first-order valence-electron chi connectivity index (χ1n) is 8.06. The van der Waals surface area contributed by atoms with E-state index < -0.39 is 6.04 Å². The average Bonchev–Trinajstić information content (AvgIpc) is 3.28. The van der Waals surface area contributed by atoms with Gasteiger partial charge in [-0.05, 0) is 43.9 Å². The van der Waals surface area contributed by atoms with Gasteiger partial charge in [0.25, 0.3) is 0 Å². The van der Waals surface area contributed by atoms with E-state index in [4.69, 9.17) is 10.5 Å². The number of ether oxygens (including phenoxy) is 1. The fraction of sp³-hybridized carbons (Fsp3) is 0.588. The number of nitrogens with one attached hydrogen (secondary N) is 1. The Kier molecular flexibility index (Phi) is 4.36. The van der Waals surface area contributed by atoms with Crippen molar-refractivity contribution in [1.82, 2.24) is 10.2 Å². The van der Waals surface area contributed by atoms with Crippen molar-refractivity contribution < 1.29 is 9.53 Å². The molecule has 1 heterocycles. The second-order valence-electron chi connectivity index (χ2n) is 6.38. The zero-order valence-corrected chi connectivity index (χ0v) is 13.3. The van der Waals surface area contributed by atoms with Gasteiger partial charge in [-0.2, -0.15) is 0 Å². The summed E-state index contributed by atoms with van der Waals surface area (Å²) in [5, 5.41) is 3.13. The van der Waals surface area contributed by atoms with Gasteiger partial charge in [0.2, 0.25) is 5.91 Å². The number of carbonyl (C=O) groups excluding carboxylic acids is 1. The third-order valence-electron chi connectivity index (χ3n) is 4.63. The molecule has 5 heteroatoms. The normalized spacial score (nSPS) is 26.7. The number of carbonyl (C=O) groups is 1. The van der Waals surface area contributed by atoms with E-state index in [1.165, 1.54) is 18.4 Å². The Labute approximate surface area is 131 Å². The second-order valence-corrected chi connectivity index (χ2v) is 6.38. The van der Waals surface area contributed by atoms with Gasteiger partial charge in [0.15, 0.2) is 0 Å². The Balaban J connectivity index is 1.84. The molecule has 1 aliphatic heterocycles. The van der Waals surface area contributed by atoms with Crippen LogP contribution in [0.1, 0.15) is 37.8 Å². The molecule has 3 N–H and O–H groups in total. The number of methoxy groups -OCH3 is 1. The summed E-state index contributed by atoms with van der Waals surface area (Å²) in [5.41, 5.74) is 6.91. The molecule has 0 bridgehead atoms. The van der Waals surface area contributed by atoms with Crippen molar-refractivity contribution in [3.05, 3.63) is 29.8 Å². The van der Waals surface area contributed by atoms with E-state index >= 15 is 0 Å². The highest BCUT2D eigenvalue weighted by Gasteiger charge is 2.43. The minimum atomic E-state index is -0.471.